The van der Waals surface area contributed by atoms with E-state index in [1.807, 2.05) is 6.07 Å². The van der Waals surface area contributed by atoms with Crippen molar-refractivity contribution in [3.63, 3.8) is 0 Å². The fourth-order valence-corrected chi connectivity index (χ4v) is 2.40. The molecule has 18 heavy (non-hydrogen) atoms. The number of hydrogen-bond acceptors (Lipinski definition) is 2. The number of amides is 1. The minimum Gasteiger partial charge on any atom is -0.352 e. The third-order valence-electron chi connectivity index (χ3n) is 3.39. The van der Waals surface area contributed by atoms with Crippen LogP contribution in [-0.2, 0) is 11.2 Å². The topological polar surface area (TPSA) is 41.1 Å². The van der Waals surface area contributed by atoms with Crippen molar-refractivity contribution in [2.24, 2.45) is 0 Å². The number of carbonyl (C=O) groups excluding carboxylic acids is 1. The largest absolute Gasteiger partial charge is 0.352 e. The molecule has 1 aromatic carbocycles. The maximum atomic E-state index is 11.8. The van der Waals surface area contributed by atoms with Crippen molar-refractivity contribution in [2.45, 2.75) is 38.6 Å². The van der Waals surface area contributed by atoms with Gasteiger partial charge in [-0.1, -0.05) is 29.8 Å². The molecule has 0 bridgehead atoms. The van der Waals surface area contributed by atoms with Crippen molar-refractivity contribution in [1.29, 1.82) is 0 Å². The van der Waals surface area contributed by atoms with Crippen LogP contribution in [0.3, 0.4) is 0 Å². The number of piperidine rings is 1. The van der Waals surface area contributed by atoms with Gasteiger partial charge in [-0.05, 0) is 38.3 Å². The fraction of sp³-hybridized carbons (Fsp3) is 0.533. The lowest BCUT2D eigenvalue weighted by molar-refractivity contribution is -0.121. The summed E-state index contributed by atoms with van der Waals surface area (Å²) in [4.78, 5) is 11.8. The molecule has 0 saturated carbocycles. The zero-order valence-corrected chi connectivity index (χ0v) is 11.0. The van der Waals surface area contributed by atoms with Gasteiger partial charge in [0, 0.05) is 19.0 Å². The molecule has 1 heterocycles. The van der Waals surface area contributed by atoms with Crippen LogP contribution in [0.15, 0.2) is 24.3 Å². The van der Waals surface area contributed by atoms with Crippen LogP contribution in [0.1, 0.15) is 30.4 Å². The second-order valence-electron chi connectivity index (χ2n) is 5.10. The molecule has 3 nitrogen and oxygen atoms in total. The van der Waals surface area contributed by atoms with Crippen molar-refractivity contribution in [1.82, 2.24) is 10.6 Å². The van der Waals surface area contributed by atoms with Crippen molar-refractivity contribution < 1.29 is 4.79 Å². The van der Waals surface area contributed by atoms with Gasteiger partial charge in [-0.25, -0.2) is 0 Å². The van der Waals surface area contributed by atoms with E-state index in [4.69, 9.17) is 0 Å². The van der Waals surface area contributed by atoms with Crippen LogP contribution in [0, 0.1) is 6.92 Å². The van der Waals surface area contributed by atoms with Gasteiger partial charge < -0.3 is 10.6 Å². The van der Waals surface area contributed by atoms with Gasteiger partial charge in [0.25, 0.3) is 0 Å². The van der Waals surface area contributed by atoms with E-state index >= 15 is 0 Å². The van der Waals surface area contributed by atoms with Crippen LogP contribution in [0.25, 0.3) is 0 Å². The van der Waals surface area contributed by atoms with Gasteiger partial charge >= 0.3 is 0 Å². The molecule has 1 unspecified atom stereocenters. The van der Waals surface area contributed by atoms with E-state index in [2.05, 4.69) is 35.8 Å². The smallest absolute Gasteiger partial charge is 0.220 e. The highest BCUT2D eigenvalue weighted by atomic mass is 16.1. The van der Waals surface area contributed by atoms with Gasteiger partial charge in [0.2, 0.25) is 5.91 Å². The Balaban J connectivity index is 1.74. The second kappa shape index (κ2) is 6.55. The van der Waals surface area contributed by atoms with Crippen LogP contribution in [0.4, 0.5) is 0 Å². The van der Waals surface area contributed by atoms with E-state index < -0.39 is 0 Å². The fourth-order valence-electron chi connectivity index (χ4n) is 2.40. The summed E-state index contributed by atoms with van der Waals surface area (Å²) in [5.74, 6) is 0.171. The minimum absolute atomic E-state index is 0.171. The van der Waals surface area contributed by atoms with Crippen molar-refractivity contribution in [2.75, 3.05) is 13.1 Å². The zero-order valence-electron chi connectivity index (χ0n) is 11.0. The second-order valence-corrected chi connectivity index (χ2v) is 5.10. The summed E-state index contributed by atoms with van der Waals surface area (Å²) < 4.78 is 0. The summed E-state index contributed by atoms with van der Waals surface area (Å²) in [6, 6.07) is 8.69. The predicted octanol–water partition coefficient (Wildman–Crippen LogP) is 1.80. The normalized spacial score (nSPS) is 19.5. The summed E-state index contributed by atoms with van der Waals surface area (Å²) in [7, 11) is 0. The Hall–Kier alpha value is -1.35. The zero-order chi connectivity index (χ0) is 12.8. The van der Waals surface area contributed by atoms with Gasteiger partial charge in [0.1, 0.15) is 0 Å². The third kappa shape index (κ3) is 4.15. The molecule has 1 atom stereocenters. The lowest BCUT2D eigenvalue weighted by atomic mass is 10.1. The Morgan fingerprint density at radius 3 is 3.11 bits per heavy atom. The lowest BCUT2D eigenvalue weighted by Gasteiger charge is -2.23. The number of carbonyl (C=O) groups is 1. The molecule has 1 fully saturated rings. The van der Waals surface area contributed by atoms with Gasteiger partial charge in [-0.15, -0.1) is 0 Å². The van der Waals surface area contributed by atoms with Crippen molar-refractivity contribution >= 4 is 5.91 Å². The molecule has 2 N–H and O–H groups in total. The quantitative estimate of drug-likeness (QED) is 0.850. The molecular weight excluding hydrogens is 224 g/mol. The molecular formula is C15H22N2O. The third-order valence-corrected chi connectivity index (χ3v) is 3.39. The van der Waals surface area contributed by atoms with E-state index in [1.54, 1.807) is 0 Å². The maximum Gasteiger partial charge on any atom is 0.220 e. The summed E-state index contributed by atoms with van der Waals surface area (Å²) in [6.45, 7) is 4.07. The number of benzene rings is 1. The first-order valence-electron chi connectivity index (χ1n) is 6.79. The molecule has 1 amide bonds. The van der Waals surface area contributed by atoms with Crippen LogP contribution < -0.4 is 10.6 Å². The Morgan fingerprint density at radius 1 is 1.50 bits per heavy atom. The molecule has 2 rings (SSSR count). The van der Waals surface area contributed by atoms with E-state index in [9.17, 15) is 4.79 Å². The molecule has 1 aromatic rings. The number of aryl methyl sites for hydroxylation is 2. The molecule has 1 saturated heterocycles. The van der Waals surface area contributed by atoms with Gasteiger partial charge in [0.15, 0.2) is 0 Å². The Labute approximate surface area is 109 Å². The highest BCUT2D eigenvalue weighted by Crippen LogP contribution is 2.07. The lowest BCUT2D eigenvalue weighted by Crippen LogP contribution is -2.45. The average molecular weight is 246 g/mol. The molecule has 0 aliphatic carbocycles. The summed E-state index contributed by atoms with van der Waals surface area (Å²) in [5.41, 5.74) is 2.50. The standard InChI is InChI=1S/C15H22N2O/c1-12-4-2-5-13(10-12)7-8-15(18)17-14-6-3-9-16-11-14/h2,4-5,10,14,16H,3,6-9,11H2,1H3,(H,17,18). The highest BCUT2D eigenvalue weighted by molar-refractivity contribution is 5.76. The number of hydrogen-bond donors (Lipinski definition) is 2. The van der Waals surface area contributed by atoms with Gasteiger partial charge in [0.05, 0.1) is 0 Å². The molecule has 1 aliphatic rings. The first-order valence-corrected chi connectivity index (χ1v) is 6.79. The predicted molar refractivity (Wildman–Crippen MR) is 73.5 cm³/mol. The van der Waals surface area contributed by atoms with Crippen LogP contribution >= 0.6 is 0 Å². The molecule has 0 spiro atoms. The molecule has 0 radical (unpaired) electrons. The maximum absolute atomic E-state index is 11.8. The molecule has 98 valence electrons. The SMILES string of the molecule is Cc1cccc(CCC(=O)NC2CCCNC2)c1. The first-order chi connectivity index (χ1) is 8.74. The van der Waals surface area contributed by atoms with Gasteiger partial charge in [-0.3, -0.25) is 4.79 Å². The van der Waals surface area contributed by atoms with Crippen molar-refractivity contribution in [3.05, 3.63) is 35.4 Å². The van der Waals surface area contributed by atoms with Crippen LogP contribution in [0.5, 0.6) is 0 Å². The Bertz CT molecular complexity index is 397. The summed E-state index contributed by atoms with van der Waals surface area (Å²) in [6.07, 6.45) is 3.67. The monoisotopic (exact) mass is 246 g/mol. The van der Waals surface area contributed by atoms with Crippen LogP contribution in [-0.4, -0.2) is 25.0 Å². The molecule has 0 aromatic heterocycles. The number of rotatable bonds is 4. The van der Waals surface area contributed by atoms with Gasteiger partial charge in [-0.2, -0.15) is 0 Å². The van der Waals surface area contributed by atoms with E-state index in [-0.39, 0.29) is 5.91 Å². The highest BCUT2D eigenvalue weighted by Gasteiger charge is 2.14. The first kappa shape index (κ1) is 13.1. The van der Waals surface area contributed by atoms with E-state index in [0.29, 0.717) is 12.5 Å². The molecule has 1 aliphatic heterocycles. The van der Waals surface area contributed by atoms with Crippen LogP contribution in [0.2, 0.25) is 0 Å². The minimum atomic E-state index is 0.171. The molecule has 3 heteroatoms. The summed E-state index contributed by atoms with van der Waals surface area (Å²) in [5, 5.41) is 6.41. The number of nitrogens with one attached hydrogen (secondary N) is 2. The van der Waals surface area contributed by atoms with Crippen molar-refractivity contribution in [3.8, 4) is 0 Å². The Morgan fingerprint density at radius 2 is 2.39 bits per heavy atom. The average Bonchev–Trinajstić information content (AvgIpc) is 2.38. The summed E-state index contributed by atoms with van der Waals surface area (Å²) >= 11 is 0. The van der Waals surface area contributed by atoms with E-state index in [1.165, 1.54) is 11.1 Å². The van der Waals surface area contributed by atoms with E-state index in [0.717, 1.165) is 32.4 Å². The Kier molecular flexibility index (Phi) is 4.76.